The van der Waals surface area contributed by atoms with Gasteiger partial charge in [0.1, 0.15) is 0 Å². The van der Waals surface area contributed by atoms with E-state index in [0.717, 1.165) is 12.1 Å². The number of carbonyl (C=O) groups is 1. The average molecular weight is 309 g/mol. The van der Waals surface area contributed by atoms with Crippen molar-refractivity contribution in [3.8, 4) is 0 Å². The molecular formula is C16H14F3NO2. The lowest BCUT2D eigenvalue weighted by molar-refractivity contribution is -0.137. The zero-order chi connectivity index (χ0) is 16.2. The van der Waals surface area contributed by atoms with Crippen molar-refractivity contribution in [1.82, 2.24) is 0 Å². The van der Waals surface area contributed by atoms with Crippen LogP contribution in [-0.4, -0.2) is 13.0 Å². The van der Waals surface area contributed by atoms with Crippen molar-refractivity contribution in [3.63, 3.8) is 0 Å². The SMILES string of the molecule is COC(C(=O)Nc1ccc(C(F)(F)F)cc1)c1ccccc1. The molecule has 1 amide bonds. The van der Waals surface area contributed by atoms with E-state index in [1.54, 1.807) is 24.3 Å². The number of amides is 1. The van der Waals surface area contributed by atoms with Crippen molar-refractivity contribution >= 4 is 11.6 Å². The van der Waals surface area contributed by atoms with Gasteiger partial charge in [-0.2, -0.15) is 13.2 Å². The summed E-state index contributed by atoms with van der Waals surface area (Å²) in [5.74, 6) is -0.451. The van der Waals surface area contributed by atoms with Crippen LogP contribution in [0.1, 0.15) is 17.2 Å². The van der Waals surface area contributed by atoms with E-state index in [-0.39, 0.29) is 5.69 Å². The summed E-state index contributed by atoms with van der Waals surface area (Å²) in [6.07, 6.45) is -5.23. The number of nitrogens with one attached hydrogen (secondary N) is 1. The summed E-state index contributed by atoms with van der Waals surface area (Å²) in [5.41, 5.74) is 0.169. The Labute approximate surface area is 125 Å². The van der Waals surface area contributed by atoms with Gasteiger partial charge in [0.25, 0.3) is 5.91 Å². The van der Waals surface area contributed by atoms with Gasteiger partial charge in [-0.25, -0.2) is 0 Å². The van der Waals surface area contributed by atoms with Gasteiger partial charge in [-0.15, -0.1) is 0 Å². The van der Waals surface area contributed by atoms with Gasteiger partial charge in [-0.1, -0.05) is 30.3 Å². The first-order valence-electron chi connectivity index (χ1n) is 6.47. The summed E-state index contributed by atoms with van der Waals surface area (Å²) >= 11 is 0. The predicted octanol–water partition coefficient (Wildman–Crippen LogP) is 4.03. The molecule has 0 saturated heterocycles. The van der Waals surface area contributed by atoms with Crippen molar-refractivity contribution in [2.45, 2.75) is 12.3 Å². The molecule has 6 heteroatoms. The van der Waals surface area contributed by atoms with E-state index >= 15 is 0 Å². The number of carbonyl (C=O) groups excluding carboxylic acids is 1. The van der Waals surface area contributed by atoms with Crippen LogP contribution in [0.4, 0.5) is 18.9 Å². The first-order valence-corrected chi connectivity index (χ1v) is 6.47. The Hall–Kier alpha value is -2.34. The van der Waals surface area contributed by atoms with Crippen LogP contribution in [-0.2, 0) is 15.7 Å². The number of hydrogen-bond acceptors (Lipinski definition) is 2. The molecule has 0 radical (unpaired) electrons. The predicted molar refractivity (Wildman–Crippen MR) is 76.3 cm³/mol. The van der Waals surface area contributed by atoms with E-state index in [9.17, 15) is 18.0 Å². The normalized spacial score (nSPS) is 12.7. The van der Waals surface area contributed by atoms with Crippen molar-refractivity contribution in [3.05, 3.63) is 65.7 Å². The highest BCUT2D eigenvalue weighted by molar-refractivity contribution is 5.94. The fourth-order valence-electron chi connectivity index (χ4n) is 1.97. The standard InChI is InChI=1S/C16H14F3NO2/c1-22-14(11-5-3-2-4-6-11)15(21)20-13-9-7-12(8-10-13)16(17,18)19/h2-10,14H,1H3,(H,20,21). The van der Waals surface area contributed by atoms with Crippen LogP contribution in [0.2, 0.25) is 0 Å². The second-order valence-corrected chi connectivity index (χ2v) is 4.59. The maximum atomic E-state index is 12.5. The molecule has 0 spiro atoms. The van der Waals surface area contributed by atoms with E-state index in [1.807, 2.05) is 6.07 Å². The number of rotatable bonds is 4. The highest BCUT2D eigenvalue weighted by Crippen LogP contribution is 2.30. The number of anilines is 1. The molecule has 2 aromatic rings. The fraction of sp³-hybridized carbons (Fsp3) is 0.188. The van der Waals surface area contributed by atoms with Gasteiger partial charge < -0.3 is 10.1 Å². The monoisotopic (exact) mass is 309 g/mol. The molecule has 0 fully saturated rings. The van der Waals surface area contributed by atoms with Gasteiger partial charge in [-0.05, 0) is 29.8 Å². The average Bonchev–Trinajstić information content (AvgIpc) is 2.48. The number of alkyl halides is 3. The number of methoxy groups -OCH3 is 1. The van der Waals surface area contributed by atoms with Crippen LogP contribution in [0.5, 0.6) is 0 Å². The minimum absolute atomic E-state index is 0.274. The lowest BCUT2D eigenvalue weighted by Crippen LogP contribution is -2.22. The van der Waals surface area contributed by atoms with Gasteiger partial charge in [0, 0.05) is 12.8 Å². The van der Waals surface area contributed by atoms with E-state index in [2.05, 4.69) is 5.32 Å². The highest BCUT2D eigenvalue weighted by Gasteiger charge is 2.30. The van der Waals surface area contributed by atoms with E-state index in [0.29, 0.717) is 5.56 Å². The van der Waals surface area contributed by atoms with Gasteiger partial charge in [0.05, 0.1) is 5.56 Å². The molecule has 0 aliphatic rings. The third-order valence-electron chi connectivity index (χ3n) is 3.06. The van der Waals surface area contributed by atoms with Crippen molar-refractivity contribution < 1.29 is 22.7 Å². The van der Waals surface area contributed by atoms with E-state index < -0.39 is 23.8 Å². The third-order valence-corrected chi connectivity index (χ3v) is 3.06. The molecule has 0 aliphatic carbocycles. The molecule has 2 rings (SSSR count). The second kappa shape index (κ2) is 6.62. The van der Waals surface area contributed by atoms with Crippen LogP contribution in [0, 0.1) is 0 Å². The highest BCUT2D eigenvalue weighted by atomic mass is 19.4. The molecule has 0 bridgehead atoms. The topological polar surface area (TPSA) is 38.3 Å². The van der Waals surface area contributed by atoms with Crippen LogP contribution in [0.15, 0.2) is 54.6 Å². The zero-order valence-electron chi connectivity index (χ0n) is 11.7. The molecule has 0 saturated carbocycles. The summed E-state index contributed by atoms with van der Waals surface area (Å²) < 4.78 is 42.6. The summed E-state index contributed by atoms with van der Waals surface area (Å²) in [5, 5.41) is 2.54. The van der Waals surface area contributed by atoms with Crippen LogP contribution >= 0.6 is 0 Å². The first kappa shape index (κ1) is 16.0. The Morgan fingerprint density at radius 1 is 1.05 bits per heavy atom. The summed E-state index contributed by atoms with van der Waals surface area (Å²) in [6, 6.07) is 13.1. The summed E-state index contributed by atoms with van der Waals surface area (Å²) in [6.45, 7) is 0. The molecule has 1 atom stereocenters. The maximum Gasteiger partial charge on any atom is 0.416 e. The number of hydrogen-bond donors (Lipinski definition) is 1. The van der Waals surface area contributed by atoms with Crippen LogP contribution in [0.3, 0.4) is 0 Å². The molecule has 1 unspecified atom stereocenters. The van der Waals surface area contributed by atoms with Crippen molar-refractivity contribution in [1.29, 1.82) is 0 Å². The van der Waals surface area contributed by atoms with Gasteiger partial charge in [0.15, 0.2) is 6.10 Å². The Balaban J connectivity index is 2.11. The second-order valence-electron chi connectivity index (χ2n) is 4.59. The number of ether oxygens (including phenoxy) is 1. The molecule has 116 valence electrons. The first-order chi connectivity index (χ1) is 10.4. The quantitative estimate of drug-likeness (QED) is 0.926. The molecule has 0 aliphatic heterocycles. The third kappa shape index (κ3) is 3.85. The molecule has 1 N–H and O–H groups in total. The van der Waals surface area contributed by atoms with Crippen molar-refractivity contribution in [2.75, 3.05) is 12.4 Å². The van der Waals surface area contributed by atoms with Gasteiger partial charge in [-0.3, -0.25) is 4.79 Å². The Morgan fingerprint density at radius 3 is 2.14 bits per heavy atom. The Morgan fingerprint density at radius 2 is 1.64 bits per heavy atom. The molecular weight excluding hydrogens is 295 g/mol. The summed E-state index contributed by atoms with van der Waals surface area (Å²) in [7, 11) is 1.39. The van der Waals surface area contributed by atoms with Crippen LogP contribution in [0.25, 0.3) is 0 Å². The van der Waals surface area contributed by atoms with E-state index in [1.165, 1.54) is 19.2 Å². The van der Waals surface area contributed by atoms with Gasteiger partial charge in [0.2, 0.25) is 0 Å². The lowest BCUT2D eigenvalue weighted by Gasteiger charge is -2.16. The molecule has 0 heterocycles. The molecule has 2 aromatic carbocycles. The molecule has 0 aromatic heterocycles. The minimum Gasteiger partial charge on any atom is -0.367 e. The van der Waals surface area contributed by atoms with Crippen molar-refractivity contribution in [2.24, 2.45) is 0 Å². The molecule has 22 heavy (non-hydrogen) atoms. The fourth-order valence-corrected chi connectivity index (χ4v) is 1.97. The Kier molecular flexibility index (Phi) is 4.82. The minimum atomic E-state index is -4.40. The molecule has 3 nitrogen and oxygen atoms in total. The number of halogens is 3. The van der Waals surface area contributed by atoms with Gasteiger partial charge >= 0.3 is 6.18 Å². The zero-order valence-corrected chi connectivity index (χ0v) is 11.7. The van der Waals surface area contributed by atoms with Crippen LogP contribution < -0.4 is 5.32 Å². The smallest absolute Gasteiger partial charge is 0.367 e. The van der Waals surface area contributed by atoms with E-state index in [4.69, 9.17) is 4.74 Å². The lowest BCUT2D eigenvalue weighted by atomic mass is 10.1. The Bertz CT molecular complexity index is 624. The summed E-state index contributed by atoms with van der Waals surface area (Å²) in [4.78, 5) is 12.2. The number of benzene rings is 2. The maximum absolute atomic E-state index is 12.5. The largest absolute Gasteiger partial charge is 0.416 e.